The predicted molar refractivity (Wildman–Crippen MR) is 134 cm³/mol. The summed E-state index contributed by atoms with van der Waals surface area (Å²) in [7, 11) is 0. The Labute approximate surface area is 199 Å². The van der Waals surface area contributed by atoms with Gasteiger partial charge >= 0.3 is 0 Å². The number of fused-ring (bicyclic) bond motifs is 1. The smallest absolute Gasteiger partial charge is 0.271 e. The van der Waals surface area contributed by atoms with Crippen LogP contribution in [-0.4, -0.2) is 12.1 Å². The summed E-state index contributed by atoms with van der Waals surface area (Å²) in [5.74, 6) is 0.386. The molecule has 0 radical (unpaired) electrons. The Morgan fingerprint density at radius 1 is 0.968 bits per heavy atom. The van der Waals surface area contributed by atoms with Crippen LogP contribution in [0.4, 0.5) is 0 Å². The van der Waals surface area contributed by atoms with Gasteiger partial charge in [0.15, 0.2) is 0 Å². The van der Waals surface area contributed by atoms with Crippen molar-refractivity contribution in [2.24, 2.45) is 5.10 Å². The fraction of sp³-hybridized carbons (Fsp3) is 0.0400. The molecule has 4 aromatic rings. The van der Waals surface area contributed by atoms with Gasteiger partial charge in [0, 0.05) is 25.3 Å². The van der Waals surface area contributed by atoms with E-state index in [4.69, 9.17) is 16.3 Å². The first kappa shape index (κ1) is 21.3. The zero-order chi connectivity index (χ0) is 21.6. The largest absolute Gasteiger partial charge is 0.488 e. The van der Waals surface area contributed by atoms with E-state index in [-0.39, 0.29) is 5.91 Å². The first-order valence-corrected chi connectivity index (χ1v) is 11.0. The lowest BCUT2D eigenvalue weighted by Crippen LogP contribution is -2.17. The van der Waals surface area contributed by atoms with Crippen molar-refractivity contribution in [1.29, 1.82) is 0 Å². The van der Waals surface area contributed by atoms with Gasteiger partial charge in [-0.3, -0.25) is 4.79 Å². The van der Waals surface area contributed by atoms with Crippen molar-refractivity contribution in [3.05, 3.63) is 110 Å². The molecule has 0 bridgehead atoms. The van der Waals surface area contributed by atoms with E-state index in [0.717, 1.165) is 25.5 Å². The number of nitrogens with one attached hydrogen (secondary N) is 1. The number of hydrazone groups is 1. The van der Waals surface area contributed by atoms with Gasteiger partial charge in [-0.05, 0) is 69.8 Å². The molecule has 0 aromatic heterocycles. The minimum absolute atomic E-state index is 0.272. The zero-order valence-electron chi connectivity index (χ0n) is 16.4. The third kappa shape index (κ3) is 5.24. The summed E-state index contributed by atoms with van der Waals surface area (Å²) in [6.07, 6.45) is 1.62. The van der Waals surface area contributed by atoms with Crippen LogP contribution in [0.5, 0.6) is 5.75 Å². The number of benzene rings is 4. The number of carbonyl (C=O) groups is 1. The van der Waals surface area contributed by atoms with Crippen LogP contribution >= 0.6 is 34.2 Å². The standard InChI is InChI=1S/C25H18ClIN2O2/c26-23-8-4-2-6-19(23)16-31-24-14-11-17-5-1-3-7-21(17)22(24)15-28-29-25(30)18-9-12-20(27)13-10-18/h1-15H,16H2,(H,29,30)/b28-15-. The number of rotatable bonds is 6. The van der Waals surface area contributed by atoms with Gasteiger partial charge in [-0.15, -0.1) is 0 Å². The number of carbonyl (C=O) groups excluding carboxylic acids is 1. The van der Waals surface area contributed by atoms with Gasteiger partial charge in [0.1, 0.15) is 12.4 Å². The fourth-order valence-electron chi connectivity index (χ4n) is 3.13. The third-order valence-corrected chi connectivity index (χ3v) is 5.83. The van der Waals surface area contributed by atoms with E-state index in [2.05, 4.69) is 33.1 Å². The Balaban J connectivity index is 1.59. The van der Waals surface area contributed by atoms with E-state index in [9.17, 15) is 4.79 Å². The highest BCUT2D eigenvalue weighted by atomic mass is 127. The molecule has 0 aliphatic carbocycles. The monoisotopic (exact) mass is 540 g/mol. The number of halogens is 2. The topological polar surface area (TPSA) is 50.7 Å². The number of ether oxygens (including phenoxy) is 1. The quantitative estimate of drug-likeness (QED) is 0.174. The molecule has 4 rings (SSSR count). The molecule has 4 aromatic carbocycles. The summed E-state index contributed by atoms with van der Waals surface area (Å²) in [6.45, 7) is 0.327. The number of nitrogens with zero attached hydrogens (tertiary/aromatic N) is 1. The van der Waals surface area contributed by atoms with E-state index < -0.39 is 0 Å². The molecule has 0 unspecified atom stereocenters. The normalized spacial score (nSPS) is 11.0. The lowest BCUT2D eigenvalue weighted by atomic mass is 10.0. The molecule has 0 heterocycles. The zero-order valence-corrected chi connectivity index (χ0v) is 19.3. The summed E-state index contributed by atoms with van der Waals surface area (Å²) < 4.78 is 7.14. The number of hydrogen-bond acceptors (Lipinski definition) is 3. The molecule has 1 N–H and O–H groups in total. The second kappa shape index (κ2) is 9.94. The molecule has 154 valence electrons. The Morgan fingerprint density at radius 2 is 1.71 bits per heavy atom. The van der Waals surface area contributed by atoms with Crippen molar-refractivity contribution in [1.82, 2.24) is 5.43 Å². The molecular weight excluding hydrogens is 523 g/mol. The third-order valence-electron chi connectivity index (χ3n) is 4.74. The van der Waals surface area contributed by atoms with E-state index in [1.807, 2.05) is 72.8 Å². The second-order valence-corrected chi connectivity index (χ2v) is 8.44. The Morgan fingerprint density at radius 3 is 2.52 bits per heavy atom. The molecule has 0 saturated carbocycles. The van der Waals surface area contributed by atoms with Crippen LogP contribution in [0.1, 0.15) is 21.5 Å². The van der Waals surface area contributed by atoms with Crippen LogP contribution in [0.2, 0.25) is 5.02 Å². The first-order chi connectivity index (χ1) is 15.1. The highest BCUT2D eigenvalue weighted by molar-refractivity contribution is 14.1. The molecule has 0 aliphatic heterocycles. The van der Waals surface area contributed by atoms with Crippen LogP contribution in [0.3, 0.4) is 0 Å². The Kier molecular flexibility index (Phi) is 6.84. The molecule has 0 saturated heterocycles. The number of amides is 1. The average Bonchev–Trinajstić information content (AvgIpc) is 2.79. The van der Waals surface area contributed by atoms with E-state index in [0.29, 0.717) is 22.9 Å². The highest BCUT2D eigenvalue weighted by Gasteiger charge is 2.09. The summed E-state index contributed by atoms with van der Waals surface area (Å²) >= 11 is 8.46. The maximum absolute atomic E-state index is 12.4. The minimum atomic E-state index is -0.272. The van der Waals surface area contributed by atoms with Gasteiger partial charge in [-0.25, -0.2) is 5.43 Å². The van der Waals surface area contributed by atoms with Crippen molar-refractivity contribution in [2.45, 2.75) is 6.61 Å². The number of hydrogen-bond donors (Lipinski definition) is 1. The highest BCUT2D eigenvalue weighted by Crippen LogP contribution is 2.28. The molecule has 1 amide bonds. The van der Waals surface area contributed by atoms with Crippen molar-refractivity contribution >= 4 is 57.1 Å². The molecular formula is C25H18ClIN2O2. The van der Waals surface area contributed by atoms with Crippen molar-refractivity contribution in [3.8, 4) is 5.75 Å². The van der Waals surface area contributed by atoms with Crippen LogP contribution in [0, 0.1) is 3.57 Å². The van der Waals surface area contributed by atoms with E-state index >= 15 is 0 Å². The molecule has 6 heteroatoms. The molecule has 4 nitrogen and oxygen atoms in total. The van der Waals surface area contributed by atoms with Crippen LogP contribution < -0.4 is 10.2 Å². The minimum Gasteiger partial charge on any atom is -0.488 e. The summed E-state index contributed by atoms with van der Waals surface area (Å²) in [4.78, 5) is 12.4. The summed E-state index contributed by atoms with van der Waals surface area (Å²) in [5, 5.41) is 6.88. The van der Waals surface area contributed by atoms with Gasteiger partial charge in [-0.1, -0.05) is 60.1 Å². The Hall–Kier alpha value is -2.90. The van der Waals surface area contributed by atoms with Crippen LogP contribution in [-0.2, 0) is 6.61 Å². The average molecular weight is 541 g/mol. The molecule has 0 fully saturated rings. The van der Waals surface area contributed by atoms with E-state index in [1.54, 1.807) is 18.3 Å². The second-order valence-electron chi connectivity index (χ2n) is 6.78. The molecule has 0 spiro atoms. The van der Waals surface area contributed by atoms with Crippen molar-refractivity contribution < 1.29 is 9.53 Å². The van der Waals surface area contributed by atoms with E-state index in [1.165, 1.54) is 0 Å². The molecule has 0 aliphatic rings. The van der Waals surface area contributed by atoms with Crippen LogP contribution in [0.25, 0.3) is 10.8 Å². The SMILES string of the molecule is O=C(N/N=C\c1c(OCc2ccccc2Cl)ccc2ccccc12)c1ccc(I)cc1. The Bertz CT molecular complexity index is 1260. The summed E-state index contributed by atoms with van der Waals surface area (Å²) in [5.41, 5.74) is 4.82. The lowest BCUT2D eigenvalue weighted by molar-refractivity contribution is 0.0955. The van der Waals surface area contributed by atoms with Gasteiger partial charge in [0.25, 0.3) is 5.91 Å². The lowest BCUT2D eigenvalue weighted by Gasteiger charge is -2.12. The molecule has 0 atom stereocenters. The summed E-state index contributed by atoms with van der Waals surface area (Å²) in [6, 6.07) is 26.7. The maximum atomic E-state index is 12.4. The predicted octanol–water partition coefficient (Wildman–Crippen LogP) is 6.44. The van der Waals surface area contributed by atoms with Gasteiger partial charge in [0.05, 0.1) is 6.21 Å². The fourth-order valence-corrected chi connectivity index (χ4v) is 3.68. The van der Waals surface area contributed by atoms with Gasteiger partial charge in [-0.2, -0.15) is 5.10 Å². The van der Waals surface area contributed by atoms with Gasteiger partial charge in [0.2, 0.25) is 0 Å². The van der Waals surface area contributed by atoms with Gasteiger partial charge < -0.3 is 4.74 Å². The van der Waals surface area contributed by atoms with Crippen molar-refractivity contribution in [3.63, 3.8) is 0 Å². The van der Waals surface area contributed by atoms with Crippen molar-refractivity contribution in [2.75, 3.05) is 0 Å². The molecule has 31 heavy (non-hydrogen) atoms. The first-order valence-electron chi connectivity index (χ1n) is 9.59. The van der Waals surface area contributed by atoms with Crippen LogP contribution in [0.15, 0.2) is 90.0 Å². The maximum Gasteiger partial charge on any atom is 0.271 e.